The molecule has 2 aliphatic heterocycles. The summed E-state index contributed by atoms with van der Waals surface area (Å²) in [5, 5.41) is 4.29. The number of aromatic nitrogens is 2. The average Bonchev–Trinajstić information content (AvgIpc) is 3.50. The number of esters is 1. The Morgan fingerprint density at radius 2 is 2.06 bits per heavy atom. The van der Waals surface area contributed by atoms with Gasteiger partial charge in [-0.25, -0.2) is 14.2 Å². The highest BCUT2D eigenvalue weighted by atomic mass is 19.1. The molecule has 0 unspecified atom stereocenters. The summed E-state index contributed by atoms with van der Waals surface area (Å²) in [5.74, 6) is 0.115. The van der Waals surface area contributed by atoms with Gasteiger partial charge in [-0.2, -0.15) is 0 Å². The number of fused-ring (bicyclic) bond motifs is 1. The number of hydrogen-bond acceptors (Lipinski definition) is 7. The van der Waals surface area contributed by atoms with Crippen molar-refractivity contribution in [1.82, 2.24) is 14.5 Å². The van der Waals surface area contributed by atoms with E-state index in [1.165, 1.54) is 24.3 Å². The first-order valence-electron chi connectivity index (χ1n) is 11.5. The van der Waals surface area contributed by atoms with Crippen LogP contribution in [-0.4, -0.2) is 46.5 Å². The molecular formula is C27H25FN4O4. The van der Waals surface area contributed by atoms with Crippen molar-refractivity contribution < 1.29 is 23.5 Å². The number of ether oxygens (including phenoxy) is 2. The molecule has 1 aromatic heterocycles. The molecule has 3 aromatic rings. The summed E-state index contributed by atoms with van der Waals surface area (Å²) in [4.78, 5) is 25.0. The molecule has 2 aliphatic rings. The highest BCUT2D eigenvalue weighted by Crippen LogP contribution is 2.40. The van der Waals surface area contributed by atoms with Crippen LogP contribution in [0.1, 0.15) is 23.7 Å². The first-order chi connectivity index (χ1) is 17.5. The quantitative estimate of drug-likeness (QED) is 0.481. The molecule has 0 saturated carbocycles. The topological polar surface area (TPSA) is 78.2 Å². The van der Waals surface area contributed by atoms with Gasteiger partial charge in [0.2, 0.25) is 0 Å². The van der Waals surface area contributed by atoms with E-state index in [-0.39, 0.29) is 6.61 Å². The van der Waals surface area contributed by atoms with Crippen LogP contribution in [0.2, 0.25) is 0 Å². The lowest BCUT2D eigenvalue weighted by Crippen LogP contribution is -2.53. The predicted octanol–water partition coefficient (Wildman–Crippen LogP) is 4.34. The molecule has 9 heteroatoms. The molecule has 2 aromatic carbocycles. The first-order valence-corrected chi connectivity index (χ1v) is 11.5. The Balaban J connectivity index is 1.52. The molecule has 0 radical (unpaired) electrons. The van der Waals surface area contributed by atoms with Gasteiger partial charge in [0.05, 0.1) is 31.4 Å². The van der Waals surface area contributed by atoms with Gasteiger partial charge in [0.1, 0.15) is 11.6 Å². The van der Waals surface area contributed by atoms with Crippen LogP contribution in [0.5, 0.6) is 5.75 Å². The summed E-state index contributed by atoms with van der Waals surface area (Å²) >= 11 is 0. The van der Waals surface area contributed by atoms with Crippen molar-refractivity contribution in [3.8, 4) is 11.4 Å². The molecule has 0 saturated heterocycles. The fourth-order valence-corrected chi connectivity index (χ4v) is 4.36. The van der Waals surface area contributed by atoms with Crippen molar-refractivity contribution in [1.29, 1.82) is 0 Å². The van der Waals surface area contributed by atoms with Crippen molar-refractivity contribution in [2.45, 2.75) is 19.6 Å². The zero-order valence-corrected chi connectivity index (χ0v) is 20.1. The minimum atomic E-state index is -1.65. The lowest BCUT2D eigenvalue weighted by Gasteiger charge is -2.36. The van der Waals surface area contributed by atoms with Gasteiger partial charge in [-0.3, -0.25) is 4.90 Å². The minimum Gasteiger partial charge on any atom is -0.495 e. The van der Waals surface area contributed by atoms with Crippen LogP contribution in [0, 0.1) is 12.7 Å². The standard InChI is InChI=1S/C27H25FN4O4/c1-4-35-26(33)27(21-8-10-22(28)11-9-21)32-13-5-6-20(25(32)30-36-27)14-19-7-12-23(24(15-19)34-3)31-16-18(2)29-17-31/h5-12,14-17H,4,13H2,1-3H3/b20-14+/t27-/m0/s1. The maximum absolute atomic E-state index is 13.6. The van der Waals surface area contributed by atoms with Crippen LogP contribution in [0.25, 0.3) is 11.8 Å². The highest BCUT2D eigenvalue weighted by molar-refractivity contribution is 6.08. The van der Waals surface area contributed by atoms with Gasteiger partial charge >= 0.3 is 11.7 Å². The third-order valence-electron chi connectivity index (χ3n) is 6.05. The number of amidine groups is 1. The lowest BCUT2D eigenvalue weighted by atomic mass is 9.97. The third-order valence-corrected chi connectivity index (χ3v) is 6.05. The molecule has 0 aliphatic carbocycles. The Bertz CT molecular complexity index is 1390. The van der Waals surface area contributed by atoms with E-state index in [2.05, 4.69) is 10.1 Å². The number of benzene rings is 2. The summed E-state index contributed by atoms with van der Waals surface area (Å²) in [6.07, 6.45) is 9.43. The number of hydrogen-bond donors (Lipinski definition) is 0. The molecule has 36 heavy (non-hydrogen) atoms. The zero-order chi connectivity index (χ0) is 25.3. The second-order valence-electron chi connectivity index (χ2n) is 8.34. The Morgan fingerprint density at radius 3 is 2.75 bits per heavy atom. The Labute approximate surface area is 207 Å². The molecule has 1 atom stereocenters. The fraction of sp³-hybridized carbons (Fsp3) is 0.222. The van der Waals surface area contributed by atoms with Gasteiger partial charge in [0.25, 0.3) is 0 Å². The van der Waals surface area contributed by atoms with Gasteiger partial charge in [-0.05, 0) is 61.9 Å². The molecule has 5 rings (SSSR count). The van der Waals surface area contributed by atoms with Crippen molar-refractivity contribution in [3.05, 3.63) is 95.4 Å². The van der Waals surface area contributed by atoms with Gasteiger partial charge in [-0.15, -0.1) is 0 Å². The number of methoxy groups -OCH3 is 1. The summed E-state index contributed by atoms with van der Waals surface area (Å²) in [7, 11) is 1.62. The largest absolute Gasteiger partial charge is 0.495 e. The summed E-state index contributed by atoms with van der Waals surface area (Å²) in [6.45, 7) is 4.16. The molecule has 0 bridgehead atoms. The van der Waals surface area contributed by atoms with E-state index in [0.717, 1.165) is 22.5 Å². The van der Waals surface area contributed by atoms with E-state index in [1.54, 1.807) is 25.3 Å². The van der Waals surface area contributed by atoms with Crippen LogP contribution < -0.4 is 4.74 Å². The van der Waals surface area contributed by atoms with Crippen molar-refractivity contribution in [3.63, 3.8) is 0 Å². The van der Waals surface area contributed by atoms with Crippen molar-refractivity contribution in [2.24, 2.45) is 5.16 Å². The van der Waals surface area contributed by atoms with Crippen LogP contribution >= 0.6 is 0 Å². The first kappa shape index (κ1) is 23.3. The Hall–Kier alpha value is -4.40. The summed E-state index contributed by atoms with van der Waals surface area (Å²) in [5.41, 5.74) is 2.15. The van der Waals surface area contributed by atoms with E-state index in [0.29, 0.717) is 23.7 Å². The minimum absolute atomic E-state index is 0.162. The van der Waals surface area contributed by atoms with E-state index < -0.39 is 17.5 Å². The zero-order valence-electron chi connectivity index (χ0n) is 20.1. The Kier molecular flexibility index (Phi) is 6.05. The van der Waals surface area contributed by atoms with Crippen LogP contribution in [-0.2, 0) is 20.1 Å². The van der Waals surface area contributed by atoms with Crippen molar-refractivity contribution >= 4 is 17.9 Å². The lowest BCUT2D eigenvalue weighted by molar-refractivity contribution is -0.188. The molecule has 3 heterocycles. The number of halogens is 1. The second kappa shape index (κ2) is 9.33. The number of imidazole rings is 1. The van der Waals surface area contributed by atoms with Gasteiger partial charge in [0, 0.05) is 23.9 Å². The molecular weight excluding hydrogens is 463 g/mol. The number of carbonyl (C=O) groups is 1. The molecule has 0 fully saturated rings. The Morgan fingerprint density at radius 1 is 1.25 bits per heavy atom. The molecule has 8 nitrogen and oxygen atoms in total. The van der Waals surface area contributed by atoms with E-state index in [1.807, 2.05) is 54.1 Å². The smallest absolute Gasteiger partial charge is 0.380 e. The maximum atomic E-state index is 13.6. The molecule has 0 N–H and O–H groups in total. The SMILES string of the molecule is CCOC(=O)[C@]1(c2ccc(F)cc2)ON=C2/C(=C/c3ccc(-n4cnc(C)c4)c(OC)c3)C=CCN21. The van der Waals surface area contributed by atoms with Crippen LogP contribution in [0.15, 0.2) is 77.9 Å². The monoisotopic (exact) mass is 488 g/mol. The van der Waals surface area contributed by atoms with Gasteiger partial charge in [-0.1, -0.05) is 23.4 Å². The highest BCUT2D eigenvalue weighted by Gasteiger charge is 2.56. The summed E-state index contributed by atoms with van der Waals surface area (Å²) in [6, 6.07) is 11.4. The van der Waals surface area contributed by atoms with Gasteiger partial charge in [0.15, 0.2) is 5.84 Å². The summed E-state index contributed by atoms with van der Waals surface area (Å²) < 4.78 is 26.5. The third kappa shape index (κ3) is 3.92. The molecule has 0 amide bonds. The normalized spacial score (nSPS) is 19.6. The number of oxime groups is 1. The fourth-order valence-electron chi connectivity index (χ4n) is 4.36. The van der Waals surface area contributed by atoms with Gasteiger partial charge < -0.3 is 18.9 Å². The van der Waals surface area contributed by atoms with Crippen LogP contribution in [0.4, 0.5) is 4.39 Å². The van der Waals surface area contributed by atoms with Crippen LogP contribution in [0.3, 0.4) is 0 Å². The average molecular weight is 489 g/mol. The predicted molar refractivity (Wildman–Crippen MR) is 132 cm³/mol. The molecule has 184 valence electrons. The number of carbonyl (C=O) groups excluding carboxylic acids is 1. The van der Waals surface area contributed by atoms with E-state index >= 15 is 0 Å². The molecule has 0 spiro atoms. The second-order valence-corrected chi connectivity index (χ2v) is 8.34. The number of nitrogens with zero attached hydrogens (tertiary/aromatic N) is 4. The van der Waals surface area contributed by atoms with Crippen molar-refractivity contribution in [2.75, 3.05) is 20.3 Å². The maximum Gasteiger partial charge on any atom is 0.380 e. The number of rotatable bonds is 6. The van der Waals surface area contributed by atoms with E-state index in [9.17, 15) is 9.18 Å². The number of aryl methyl sites for hydroxylation is 1. The van der Waals surface area contributed by atoms with E-state index in [4.69, 9.17) is 14.3 Å².